The largest absolute Gasteiger partial charge is 0.468 e. The van der Waals surface area contributed by atoms with Crippen molar-refractivity contribution in [2.24, 2.45) is 11.8 Å². The first-order valence-corrected chi connectivity index (χ1v) is 5.83. The third-order valence-electron chi connectivity index (χ3n) is 2.90. The average molecular weight is 242 g/mol. The molecule has 0 saturated heterocycles. The van der Waals surface area contributed by atoms with Gasteiger partial charge in [-0.2, -0.15) is 0 Å². The topological polar surface area (TPSA) is 63.6 Å². The van der Waals surface area contributed by atoms with Gasteiger partial charge in [-0.15, -0.1) is 0 Å². The quantitative estimate of drug-likeness (QED) is 0.437. The van der Waals surface area contributed by atoms with Gasteiger partial charge in [-0.25, -0.2) is 0 Å². The summed E-state index contributed by atoms with van der Waals surface area (Å²) in [6.07, 6.45) is 1.84. The van der Waals surface area contributed by atoms with Crippen LogP contribution < -0.4 is 0 Å². The van der Waals surface area contributed by atoms with E-state index in [0.717, 1.165) is 12.0 Å². The van der Waals surface area contributed by atoms with Gasteiger partial charge in [-0.05, 0) is 25.8 Å². The van der Waals surface area contributed by atoms with Crippen molar-refractivity contribution in [1.82, 2.24) is 0 Å². The maximum absolute atomic E-state index is 11.9. The van der Waals surface area contributed by atoms with Crippen molar-refractivity contribution < 1.29 is 19.4 Å². The Balaban J connectivity index is 4.70. The van der Waals surface area contributed by atoms with Crippen LogP contribution in [0.1, 0.15) is 34.1 Å². The minimum atomic E-state index is -0.838. The number of rotatable bonds is 6. The number of Topliss-reactive ketones (excluding diaryl/α,β-unsaturated/α-hetero) is 1. The van der Waals surface area contributed by atoms with E-state index in [1.54, 1.807) is 13.8 Å². The number of aliphatic hydroxyl groups excluding tert-OH is 1. The summed E-state index contributed by atoms with van der Waals surface area (Å²) in [6, 6.07) is 0. The number of allylic oxidation sites excluding steroid dienone is 1. The van der Waals surface area contributed by atoms with Crippen LogP contribution in [0.15, 0.2) is 11.6 Å². The average Bonchev–Trinajstić information content (AvgIpc) is 2.34. The van der Waals surface area contributed by atoms with Gasteiger partial charge in [0.15, 0.2) is 5.78 Å². The standard InChI is InChI=1S/C13H22O4/c1-6-7-8(2)11(14)9(3)12(15)10(4)13(16)17-5/h7,9-11,14H,6H2,1-5H3/b8-7+. The molecule has 1 N–H and O–H groups in total. The fourth-order valence-corrected chi connectivity index (χ4v) is 1.68. The van der Waals surface area contributed by atoms with E-state index in [2.05, 4.69) is 4.74 Å². The van der Waals surface area contributed by atoms with Crippen molar-refractivity contribution in [3.8, 4) is 0 Å². The molecule has 3 atom stereocenters. The van der Waals surface area contributed by atoms with Gasteiger partial charge in [-0.1, -0.05) is 19.9 Å². The first-order chi connectivity index (χ1) is 7.86. The summed E-state index contributed by atoms with van der Waals surface area (Å²) in [4.78, 5) is 23.1. The number of methoxy groups -OCH3 is 1. The summed E-state index contributed by atoms with van der Waals surface area (Å²) >= 11 is 0. The molecule has 0 amide bonds. The second-order valence-electron chi connectivity index (χ2n) is 4.24. The van der Waals surface area contributed by atoms with Crippen LogP contribution in [0.5, 0.6) is 0 Å². The number of hydrogen-bond acceptors (Lipinski definition) is 4. The Bertz CT molecular complexity index is 307. The number of carbonyl (C=O) groups is 2. The second-order valence-corrected chi connectivity index (χ2v) is 4.24. The molecule has 0 aliphatic carbocycles. The SMILES string of the molecule is CC/C=C(\C)C(O)C(C)C(=O)C(C)C(=O)OC. The van der Waals surface area contributed by atoms with Crippen molar-refractivity contribution in [3.63, 3.8) is 0 Å². The first-order valence-electron chi connectivity index (χ1n) is 5.83. The van der Waals surface area contributed by atoms with Crippen LogP contribution in [-0.2, 0) is 14.3 Å². The van der Waals surface area contributed by atoms with Gasteiger partial charge >= 0.3 is 5.97 Å². The Labute approximate surface area is 103 Å². The third-order valence-corrected chi connectivity index (χ3v) is 2.90. The van der Waals surface area contributed by atoms with E-state index in [-0.39, 0.29) is 5.78 Å². The van der Waals surface area contributed by atoms with E-state index in [4.69, 9.17) is 0 Å². The zero-order valence-electron chi connectivity index (χ0n) is 11.2. The molecule has 0 fully saturated rings. The molecule has 4 heteroatoms. The van der Waals surface area contributed by atoms with Gasteiger partial charge in [0.05, 0.1) is 13.2 Å². The Morgan fingerprint density at radius 2 is 1.88 bits per heavy atom. The molecule has 17 heavy (non-hydrogen) atoms. The molecule has 98 valence electrons. The molecular formula is C13H22O4. The van der Waals surface area contributed by atoms with Gasteiger partial charge in [0, 0.05) is 5.92 Å². The predicted octanol–water partition coefficient (Wildman–Crippen LogP) is 1.72. The number of ether oxygens (including phenoxy) is 1. The molecule has 4 nitrogen and oxygen atoms in total. The van der Waals surface area contributed by atoms with E-state index in [0.29, 0.717) is 0 Å². The lowest BCUT2D eigenvalue weighted by molar-refractivity contribution is -0.150. The highest BCUT2D eigenvalue weighted by Crippen LogP contribution is 2.18. The summed E-state index contributed by atoms with van der Waals surface area (Å²) < 4.78 is 4.51. The number of ketones is 1. The molecule has 0 saturated carbocycles. The van der Waals surface area contributed by atoms with Gasteiger partial charge in [0.25, 0.3) is 0 Å². The van der Waals surface area contributed by atoms with E-state index in [9.17, 15) is 14.7 Å². The van der Waals surface area contributed by atoms with E-state index in [1.165, 1.54) is 14.0 Å². The van der Waals surface area contributed by atoms with Gasteiger partial charge < -0.3 is 9.84 Å². The van der Waals surface area contributed by atoms with Crippen molar-refractivity contribution in [2.75, 3.05) is 7.11 Å². The summed E-state index contributed by atoms with van der Waals surface area (Å²) in [5.41, 5.74) is 0.755. The Hall–Kier alpha value is -1.16. The fourth-order valence-electron chi connectivity index (χ4n) is 1.68. The molecule has 0 rings (SSSR count). The predicted molar refractivity (Wildman–Crippen MR) is 65.4 cm³/mol. The van der Waals surface area contributed by atoms with Crippen molar-refractivity contribution in [3.05, 3.63) is 11.6 Å². The van der Waals surface area contributed by atoms with Gasteiger partial charge in [-0.3, -0.25) is 9.59 Å². The molecular weight excluding hydrogens is 220 g/mol. The van der Waals surface area contributed by atoms with Crippen molar-refractivity contribution in [2.45, 2.75) is 40.2 Å². The molecule has 3 unspecified atom stereocenters. The van der Waals surface area contributed by atoms with E-state index < -0.39 is 23.9 Å². The summed E-state index contributed by atoms with van der Waals surface area (Å²) in [7, 11) is 1.25. The molecule has 0 spiro atoms. The van der Waals surface area contributed by atoms with Crippen LogP contribution in [0.4, 0.5) is 0 Å². The minimum Gasteiger partial charge on any atom is -0.468 e. The number of esters is 1. The minimum absolute atomic E-state index is 0.298. The van der Waals surface area contributed by atoms with Crippen LogP contribution in [0, 0.1) is 11.8 Å². The number of carbonyl (C=O) groups excluding carboxylic acids is 2. The fraction of sp³-hybridized carbons (Fsp3) is 0.692. The highest BCUT2D eigenvalue weighted by molar-refractivity contribution is 5.99. The molecule has 0 heterocycles. The third kappa shape index (κ3) is 4.30. The van der Waals surface area contributed by atoms with Crippen LogP contribution in [0.2, 0.25) is 0 Å². The summed E-state index contributed by atoms with van der Waals surface area (Å²) in [5.74, 6) is -2.30. The highest BCUT2D eigenvalue weighted by Gasteiger charge is 2.31. The van der Waals surface area contributed by atoms with Crippen molar-refractivity contribution >= 4 is 11.8 Å². The van der Waals surface area contributed by atoms with Crippen LogP contribution >= 0.6 is 0 Å². The maximum Gasteiger partial charge on any atom is 0.315 e. The van der Waals surface area contributed by atoms with Crippen LogP contribution in [0.25, 0.3) is 0 Å². The molecule has 0 aromatic carbocycles. The lowest BCUT2D eigenvalue weighted by Gasteiger charge is -2.20. The molecule has 0 aromatic heterocycles. The number of aliphatic hydroxyl groups is 1. The maximum atomic E-state index is 11.9. The van der Waals surface area contributed by atoms with E-state index in [1.807, 2.05) is 13.0 Å². The first kappa shape index (κ1) is 15.8. The molecule has 0 aromatic rings. The molecule has 0 aliphatic heterocycles. The molecule has 0 bridgehead atoms. The second kappa shape index (κ2) is 7.22. The van der Waals surface area contributed by atoms with Gasteiger partial charge in [0.2, 0.25) is 0 Å². The van der Waals surface area contributed by atoms with Gasteiger partial charge in [0.1, 0.15) is 5.92 Å². The zero-order chi connectivity index (χ0) is 13.6. The van der Waals surface area contributed by atoms with Crippen LogP contribution in [-0.4, -0.2) is 30.1 Å². The summed E-state index contributed by atoms with van der Waals surface area (Å²) in [5, 5.41) is 9.95. The normalized spacial score (nSPS) is 17.2. The van der Waals surface area contributed by atoms with Crippen molar-refractivity contribution in [1.29, 1.82) is 0 Å². The monoisotopic (exact) mass is 242 g/mol. The Kier molecular flexibility index (Phi) is 6.73. The van der Waals surface area contributed by atoms with Crippen LogP contribution in [0.3, 0.4) is 0 Å². The Morgan fingerprint density at radius 3 is 2.29 bits per heavy atom. The lowest BCUT2D eigenvalue weighted by Crippen LogP contribution is -2.34. The molecule has 0 aliphatic rings. The number of hydrogen-bond donors (Lipinski definition) is 1. The summed E-state index contributed by atoms with van der Waals surface area (Å²) in [6.45, 7) is 6.86. The molecule has 0 radical (unpaired) electrons. The smallest absolute Gasteiger partial charge is 0.315 e. The lowest BCUT2D eigenvalue weighted by atomic mass is 9.88. The van der Waals surface area contributed by atoms with E-state index >= 15 is 0 Å². The zero-order valence-corrected chi connectivity index (χ0v) is 11.2. The highest BCUT2D eigenvalue weighted by atomic mass is 16.5. The Morgan fingerprint density at radius 1 is 1.35 bits per heavy atom.